The average Bonchev–Trinajstić information content (AvgIpc) is 2.46. The number of carboxylic acids is 1. The molecule has 0 bridgehead atoms. The summed E-state index contributed by atoms with van der Waals surface area (Å²) in [6, 6.07) is 2.77. The standard InChI is InChI=1S/C16H23N3O2/c1-11-7-13(16(20)21)8-17-15(11)19-10-14-5-3-4-6-18(14)9-12(19)2/h7-8,12,14H,3-6,9-10H2,1-2H3,(H,20,21). The first kappa shape index (κ1) is 14.3. The Balaban J connectivity index is 1.84. The fraction of sp³-hybridized carbons (Fsp3) is 0.625. The Kier molecular flexibility index (Phi) is 3.85. The maximum absolute atomic E-state index is 11.0. The van der Waals surface area contributed by atoms with Crippen LogP contribution in [0.1, 0.15) is 42.1 Å². The van der Waals surface area contributed by atoms with Crippen molar-refractivity contribution in [2.24, 2.45) is 0 Å². The molecule has 2 fully saturated rings. The topological polar surface area (TPSA) is 56.7 Å². The first-order valence-electron chi connectivity index (χ1n) is 7.77. The van der Waals surface area contributed by atoms with E-state index in [4.69, 9.17) is 5.11 Å². The van der Waals surface area contributed by atoms with E-state index < -0.39 is 5.97 Å². The molecule has 5 heteroatoms. The predicted molar refractivity (Wildman–Crippen MR) is 82.0 cm³/mol. The lowest BCUT2D eigenvalue weighted by Gasteiger charge is -2.48. The monoisotopic (exact) mass is 289 g/mol. The van der Waals surface area contributed by atoms with E-state index in [-0.39, 0.29) is 5.56 Å². The highest BCUT2D eigenvalue weighted by atomic mass is 16.4. The first-order valence-corrected chi connectivity index (χ1v) is 7.77. The van der Waals surface area contributed by atoms with E-state index in [0.29, 0.717) is 12.1 Å². The predicted octanol–water partition coefficient (Wildman–Crippen LogP) is 2.15. The van der Waals surface area contributed by atoms with E-state index in [1.807, 2.05) is 6.92 Å². The highest BCUT2D eigenvalue weighted by molar-refractivity contribution is 5.87. The van der Waals surface area contributed by atoms with Crippen molar-refractivity contribution in [2.75, 3.05) is 24.5 Å². The number of fused-ring (bicyclic) bond motifs is 1. The molecule has 21 heavy (non-hydrogen) atoms. The zero-order valence-electron chi connectivity index (χ0n) is 12.7. The number of piperidine rings is 1. The second kappa shape index (κ2) is 5.64. The molecule has 0 aliphatic carbocycles. The molecule has 3 heterocycles. The fourth-order valence-electron chi connectivity index (χ4n) is 3.63. The Morgan fingerprint density at radius 2 is 2.19 bits per heavy atom. The van der Waals surface area contributed by atoms with Gasteiger partial charge >= 0.3 is 5.97 Å². The van der Waals surface area contributed by atoms with E-state index in [9.17, 15) is 4.79 Å². The molecule has 2 atom stereocenters. The second-order valence-corrected chi connectivity index (χ2v) is 6.32. The van der Waals surface area contributed by atoms with Crippen molar-refractivity contribution in [3.63, 3.8) is 0 Å². The number of carbonyl (C=O) groups is 1. The molecular weight excluding hydrogens is 266 g/mol. The summed E-state index contributed by atoms with van der Waals surface area (Å²) in [6.07, 6.45) is 5.36. The average molecular weight is 289 g/mol. The molecule has 0 saturated carbocycles. The largest absolute Gasteiger partial charge is 0.478 e. The lowest BCUT2D eigenvalue weighted by Crippen LogP contribution is -2.59. The van der Waals surface area contributed by atoms with Gasteiger partial charge in [-0.3, -0.25) is 4.90 Å². The Bertz CT molecular complexity index is 546. The molecular formula is C16H23N3O2. The second-order valence-electron chi connectivity index (χ2n) is 6.32. The molecule has 2 unspecified atom stereocenters. The van der Waals surface area contributed by atoms with E-state index in [1.165, 1.54) is 32.0 Å². The van der Waals surface area contributed by atoms with Gasteiger partial charge in [-0.05, 0) is 44.9 Å². The van der Waals surface area contributed by atoms with Crippen molar-refractivity contribution < 1.29 is 9.90 Å². The van der Waals surface area contributed by atoms with Crippen molar-refractivity contribution >= 4 is 11.8 Å². The van der Waals surface area contributed by atoms with Crippen LogP contribution in [0.25, 0.3) is 0 Å². The van der Waals surface area contributed by atoms with Gasteiger partial charge in [0.2, 0.25) is 0 Å². The molecule has 0 radical (unpaired) electrons. The normalized spacial score (nSPS) is 26.5. The molecule has 1 aromatic heterocycles. The number of carboxylic acid groups (broad SMARTS) is 1. The third-order valence-electron chi connectivity index (χ3n) is 4.76. The molecule has 0 amide bonds. The summed E-state index contributed by atoms with van der Waals surface area (Å²) in [5.74, 6) is 0.0278. The summed E-state index contributed by atoms with van der Waals surface area (Å²) in [5.41, 5.74) is 1.21. The van der Waals surface area contributed by atoms with Gasteiger partial charge in [-0.25, -0.2) is 9.78 Å². The number of hydrogen-bond acceptors (Lipinski definition) is 4. The van der Waals surface area contributed by atoms with Crippen LogP contribution in [0, 0.1) is 6.92 Å². The highest BCUT2D eigenvalue weighted by Gasteiger charge is 2.34. The maximum atomic E-state index is 11.0. The quantitative estimate of drug-likeness (QED) is 0.904. The number of piperazine rings is 1. The summed E-state index contributed by atoms with van der Waals surface area (Å²) in [5, 5.41) is 9.06. The molecule has 1 N–H and O–H groups in total. The van der Waals surface area contributed by atoms with Crippen molar-refractivity contribution in [1.82, 2.24) is 9.88 Å². The minimum Gasteiger partial charge on any atom is -0.478 e. The highest BCUT2D eigenvalue weighted by Crippen LogP contribution is 2.29. The van der Waals surface area contributed by atoms with Crippen molar-refractivity contribution in [3.8, 4) is 0 Å². The smallest absolute Gasteiger partial charge is 0.337 e. The van der Waals surface area contributed by atoms with Crippen LogP contribution in [0.5, 0.6) is 0 Å². The lowest BCUT2D eigenvalue weighted by molar-refractivity contribution is 0.0696. The number of hydrogen-bond donors (Lipinski definition) is 1. The van der Waals surface area contributed by atoms with E-state index >= 15 is 0 Å². The van der Waals surface area contributed by atoms with Gasteiger partial charge in [0, 0.05) is 31.4 Å². The molecule has 114 valence electrons. The van der Waals surface area contributed by atoms with Crippen LogP contribution >= 0.6 is 0 Å². The van der Waals surface area contributed by atoms with Gasteiger partial charge in [-0.2, -0.15) is 0 Å². The Hall–Kier alpha value is -1.62. The third-order valence-corrected chi connectivity index (χ3v) is 4.76. The Labute approximate surface area is 125 Å². The molecule has 3 rings (SSSR count). The summed E-state index contributed by atoms with van der Waals surface area (Å²) in [7, 11) is 0. The fourth-order valence-corrected chi connectivity index (χ4v) is 3.63. The van der Waals surface area contributed by atoms with Gasteiger partial charge in [0.05, 0.1) is 5.56 Å². The molecule has 5 nitrogen and oxygen atoms in total. The van der Waals surface area contributed by atoms with Crippen LogP contribution in [0.15, 0.2) is 12.3 Å². The minimum absolute atomic E-state index is 0.264. The molecule has 0 spiro atoms. The number of anilines is 1. The van der Waals surface area contributed by atoms with Gasteiger partial charge in [-0.1, -0.05) is 6.42 Å². The third kappa shape index (κ3) is 2.75. The van der Waals surface area contributed by atoms with Crippen molar-refractivity contribution in [3.05, 3.63) is 23.4 Å². The van der Waals surface area contributed by atoms with Crippen LogP contribution in [0.3, 0.4) is 0 Å². The van der Waals surface area contributed by atoms with Crippen molar-refractivity contribution in [2.45, 2.75) is 45.2 Å². The van der Waals surface area contributed by atoms with Gasteiger partial charge in [0.25, 0.3) is 0 Å². The summed E-state index contributed by atoms with van der Waals surface area (Å²) < 4.78 is 0. The van der Waals surface area contributed by atoms with Gasteiger partial charge < -0.3 is 10.0 Å². The molecule has 2 saturated heterocycles. The number of rotatable bonds is 2. The van der Waals surface area contributed by atoms with Crippen LogP contribution < -0.4 is 4.90 Å². The van der Waals surface area contributed by atoms with Crippen LogP contribution in [-0.2, 0) is 0 Å². The van der Waals surface area contributed by atoms with Crippen molar-refractivity contribution in [1.29, 1.82) is 0 Å². The minimum atomic E-state index is -0.915. The molecule has 2 aliphatic heterocycles. The van der Waals surface area contributed by atoms with Crippen LogP contribution in [0.4, 0.5) is 5.82 Å². The van der Waals surface area contributed by atoms with Crippen LogP contribution in [-0.4, -0.2) is 52.7 Å². The molecule has 1 aromatic rings. The van der Waals surface area contributed by atoms with Gasteiger partial charge in [-0.15, -0.1) is 0 Å². The van der Waals surface area contributed by atoms with Crippen LogP contribution in [0.2, 0.25) is 0 Å². The molecule has 0 aromatic carbocycles. The lowest BCUT2D eigenvalue weighted by atomic mass is 9.97. The maximum Gasteiger partial charge on any atom is 0.337 e. The number of aromatic carboxylic acids is 1. The number of aromatic nitrogens is 1. The van der Waals surface area contributed by atoms with E-state index in [0.717, 1.165) is 24.5 Å². The Morgan fingerprint density at radius 3 is 2.90 bits per heavy atom. The Morgan fingerprint density at radius 1 is 1.38 bits per heavy atom. The first-order chi connectivity index (χ1) is 10.1. The van der Waals surface area contributed by atoms with Gasteiger partial charge in [0.1, 0.15) is 5.82 Å². The summed E-state index contributed by atoms with van der Waals surface area (Å²) >= 11 is 0. The number of aryl methyl sites for hydroxylation is 1. The molecule has 2 aliphatic rings. The summed E-state index contributed by atoms with van der Waals surface area (Å²) in [4.78, 5) is 20.4. The SMILES string of the molecule is Cc1cc(C(=O)O)cnc1N1CC2CCCCN2CC1C. The van der Waals surface area contributed by atoms with Gasteiger partial charge in [0.15, 0.2) is 0 Å². The zero-order valence-corrected chi connectivity index (χ0v) is 12.7. The summed E-state index contributed by atoms with van der Waals surface area (Å²) in [6.45, 7) is 7.48. The number of pyridine rings is 1. The van der Waals surface area contributed by atoms with E-state index in [1.54, 1.807) is 6.07 Å². The zero-order chi connectivity index (χ0) is 15.0. The van der Waals surface area contributed by atoms with E-state index in [2.05, 4.69) is 21.7 Å². The number of nitrogens with zero attached hydrogens (tertiary/aromatic N) is 3.